The molecule has 0 aliphatic carbocycles. The van der Waals surface area contributed by atoms with Crippen LogP contribution in [0, 0.1) is 0 Å². The number of nitrogens with zero attached hydrogens (tertiary/aromatic N) is 1. The van der Waals surface area contributed by atoms with Crippen molar-refractivity contribution in [3.63, 3.8) is 0 Å². The van der Waals surface area contributed by atoms with Crippen molar-refractivity contribution >= 4 is 17.0 Å². The van der Waals surface area contributed by atoms with Gasteiger partial charge in [-0.05, 0) is 36.8 Å². The molecule has 2 heterocycles. The van der Waals surface area contributed by atoms with E-state index in [0.29, 0.717) is 0 Å². The zero-order valence-corrected chi connectivity index (χ0v) is 15.1. The number of fused-ring (bicyclic) bond motifs is 1. The van der Waals surface area contributed by atoms with E-state index in [0.717, 1.165) is 52.0 Å². The van der Waals surface area contributed by atoms with E-state index in [1.165, 1.54) is 0 Å². The van der Waals surface area contributed by atoms with Crippen LogP contribution in [0.2, 0.25) is 0 Å². The number of benzene rings is 2. The lowest BCUT2D eigenvalue weighted by Crippen LogP contribution is -2.29. The molecule has 0 radical (unpaired) electrons. The molecule has 1 aliphatic heterocycles. The molecule has 25 heavy (non-hydrogen) atoms. The fourth-order valence-corrected chi connectivity index (χ4v) is 3.72. The Balaban J connectivity index is 1.62. The summed E-state index contributed by atoms with van der Waals surface area (Å²) >= 11 is 1.64. The summed E-state index contributed by atoms with van der Waals surface area (Å²) in [4.78, 5) is 4.80. The zero-order chi connectivity index (χ0) is 17.2. The molecule has 3 aromatic rings. The summed E-state index contributed by atoms with van der Waals surface area (Å²) in [5.74, 6) is 1.76. The molecule has 0 bridgehead atoms. The molecular weight excluding hydrogens is 332 g/mol. The molecule has 0 saturated heterocycles. The molecule has 1 unspecified atom stereocenters. The first-order valence-corrected chi connectivity index (χ1v) is 9.29. The second kappa shape index (κ2) is 6.76. The third-order valence-corrected chi connectivity index (χ3v) is 5.26. The Morgan fingerprint density at radius 2 is 2.16 bits per heavy atom. The van der Waals surface area contributed by atoms with Crippen molar-refractivity contribution in [2.45, 2.75) is 19.4 Å². The molecule has 0 fully saturated rings. The van der Waals surface area contributed by atoms with Crippen LogP contribution in [0.5, 0.6) is 11.5 Å². The van der Waals surface area contributed by atoms with E-state index in [-0.39, 0.29) is 6.10 Å². The minimum atomic E-state index is 0.247. The highest BCUT2D eigenvalue weighted by atomic mass is 32.1. The second-order valence-electron chi connectivity index (χ2n) is 6.01. The van der Waals surface area contributed by atoms with Gasteiger partial charge in [0.2, 0.25) is 0 Å². The van der Waals surface area contributed by atoms with Gasteiger partial charge in [-0.2, -0.15) is 0 Å². The van der Waals surface area contributed by atoms with Gasteiger partial charge in [-0.25, -0.2) is 4.98 Å². The third-order valence-electron chi connectivity index (χ3n) is 4.37. The first-order chi connectivity index (χ1) is 12.3. The highest BCUT2D eigenvalue weighted by molar-refractivity contribution is 7.13. The lowest BCUT2D eigenvalue weighted by atomic mass is 10.1. The molecule has 0 spiro atoms. The van der Waals surface area contributed by atoms with Gasteiger partial charge in [-0.15, -0.1) is 11.3 Å². The number of methoxy groups -OCH3 is 1. The molecule has 1 aliphatic rings. The van der Waals surface area contributed by atoms with Gasteiger partial charge < -0.3 is 14.8 Å². The summed E-state index contributed by atoms with van der Waals surface area (Å²) in [6.45, 7) is 2.99. The van der Waals surface area contributed by atoms with Gasteiger partial charge in [-0.3, -0.25) is 0 Å². The summed E-state index contributed by atoms with van der Waals surface area (Å²) in [6, 6.07) is 14.2. The van der Waals surface area contributed by atoms with Crippen LogP contribution in [0.3, 0.4) is 0 Å². The molecule has 5 heteroatoms. The predicted octanol–water partition coefficient (Wildman–Crippen LogP) is 5.07. The maximum absolute atomic E-state index is 5.98. The van der Waals surface area contributed by atoms with Crippen LogP contribution < -0.4 is 14.8 Å². The predicted molar refractivity (Wildman–Crippen MR) is 103 cm³/mol. The normalized spacial score (nSPS) is 15.8. The molecule has 1 aromatic heterocycles. The lowest BCUT2D eigenvalue weighted by Gasteiger charge is -2.26. The van der Waals surface area contributed by atoms with Crippen molar-refractivity contribution in [1.82, 2.24) is 4.98 Å². The molecule has 0 amide bonds. The van der Waals surface area contributed by atoms with Crippen molar-refractivity contribution in [2.75, 3.05) is 19.0 Å². The SMILES string of the molecule is CCC1CNc2cc(-c3csc(-c4cccc(OC)c4)n3)ccc2O1. The minimum Gasteiger partial charge on any atom is -0.497 e. The standard InChI is InChI=1S/C20H20N2O2S/c1-3-15-11-21-17-10-13(7-8-19(17)24-15)18-12-25-20(22-18)14-5-4-6-16(9-14)23-2/h4-10,12,15,21H,3,11H2,1-2H3. The monoisotopic (exact) mass is 352 g/mol. The Morgan fingerprint density at radius 3 is 3.00 bits per heavy atom. The van der Waals surface area contributed by atoms with Crippen LogP contribution in [-0.2, 0) is 0 Å². The summed E-state index contributed by atoms with van der Waals surface area (Å²) in [6.07, 6.45) is 1.25. The molecule has 128 valence electrons. The highest BCUT2D eigenvalue weighted by Crippen LogP contribution is 2.36. The van der Waals surface area contributed by atoms with E-state index >= 15 is 0 Å². The Labute approximate surface area is 151 Å². The number of nitrogens with one attached hydrogen (secondary N) is 1. The molecule has 1 atom stereocenters. The quantitative estimate of drug-likeness (QED) is 0.712. The fourth-order valence-electron chi connectivity index (χ4n) is 2.90. The number of thiazole rings is 1. The molecule has 2 aromatic carbocycles. The van der Waals surface area contributed by atoms with Crippen LogP contribution in [0.4, 0.5) is 5.69 Å². The van der Waals surface area contributed by atoms with Crippen molar-refractivity contribution < 1.29 is 9.47 Å². The summed E-state index contributed by atoms with van der Waals surface area (Å²) in [5, 5.41) is 6.54. The van der Waals surface area contributed by atoms with E-state index in [2.05, 4.69) is 35.8 Å². The largest absolute Gasteiger partial charge is 0.497 e. The van der Waals surface area contributed by atoms with E-state index in [1.54, 1.807) is 18.4 Å². The Morgan fingerprint density at radius 1 is 1.24 bits per heavy atom. The zero-order valence-electron chi connectivity index (χ0n) is 14.3. The van der Waals surface area contributed by atoms with Crippen LogP contribution in [0.15, 0.2) is 47.8 Å². The number of aromatic nitrogens is 1. The first kappa shape index (κ1) is 16.0. The Kier molecular flexibility index (Phi) is 4.32. The van der Waals surface area contributed by atoms with Crippen LogP contribution in [0.1, 0.15) is 13.3 Å². The molecule has 1 N–H and O–H groups in total. The van der Waals surface area contributed by atoms with Crippen molar-refractivity contribution in [2.24, 2.45) is 0 Å². The maximum Gasteiger partial charge on any atom is 0.142 e. The van der Waals surface area contributed by atoms with E-state index in [1.807, 2.05) is 24.3 Å². The van der Waals surface area contributed by atoms with E-state index < -0.39 is 0 Å². The second-order valence-corrected chi connectivity index (χ2v) is 6.87. The number of hydrogen-bond acceptors (Lipinski definition) is 5. The van der Waals surface area contributed by atoms with Crippen molar-refractivity contribution in [3.8, 4) is 33.3 Å². The number of hydrogen-bond donors (Lipinski definition) is 1. The average molecular weight is 352 g/mol. The van der Waals surface area contributed by atoms with Gasteiger partial charge in [0.25, 0.3) is 0 Å². The van der Waals surface area contributed by atoms with Crippen molar-refractivity contribution in [3.05, 3.63) is 47.8 Å². The number of rotatable bonds is 4. The topological polar surface area (TPSA) is 43.4 Å². The van der Waals surface area contributed by atoms with Gasteiger partial charge in [0, 0.05) is 16.5 Å². The van der Waals surface area contributed by atoms with Gasteiger partial charge in [0.15, 0.2) is 0 Å². The first-order valence-electron chi connectivity index (χ1n) is 8.41. The van der Waals surface area contributed by atoms with E-state index in [9.17, 15) is 0 Å². The van der Waals surface area contributed by atoms with Crippen LogP contribution in [0.25, 0.3) is 21.8 Å². The lowest BCUT2D eigenvalue weighted by molar-refractivity contribution is 0.202. The third kappa shape index (κ3) is 3.20. The molecule has 0 saturated carbocycles. The van der Waals surface area contributed by atoms with Gasteiger partial charge in [0.05, 0.1) is 25.0 Å². The van der Waals surface area contributed by atoms with Gasteiger partial charge in [-0.1, -0.05) is 19.1 Å². The summed E-state index contributed by atoms with van der Waals surface area (Å²) in [7, 11) is 1.68. The average Bonchev–Trinajstić information content (AvgIpc) is 3.17. The highest BCUT2D eigenvalue weighted by Gasteiger charge is 2.18. The fraction of sp³-hybridized carbons (Fsp3) is 0.250. The van der Waals surface area contributed by atoms with Crippen molar-refractivity contribution in [1.29, 1.82) is 0 Å². The molecular formula is C20H20N2O2S. The van der Waals surface area contributed by atoms with Crippen LogP contribution in [-0.4, -0.2) is 24.7 Å². The van der Waals surface area contributed by atoms with Crippen LogP contribution >= 0.6 is 11.3 Å². The van der Waals surface area contributed by atoms with Gasteiger partial charge in [0.1, 0.15) is 22.6 Å². The Hall–Kier alpha value is -2.53. The molecule has 4 rings (SSSR count). The van der Waals surface area contributed by atoms with Gasteiger partial charge >= 0.3 is 0 Å². The smallest absolute Gasteiger partial charge is 0.142 e. The minimum absolute atomic E-state index is 0.247. The van der Waals surface area contributed by atoms with E-state index in [4.69, 9.17) is 14.5 Å². The number of anilines is 1. The molecule has 4 nitrogen and oxygen atoms in total. The maximum atomic E-state index is 5.98. The summed E-state index contributed by atoms with van der Waals surface area (Å²) < 4.78 is 11.3. The number of ether oxygens (including phenoxy) is 2. The Bertz CT molecular complexity index is 891. The summed E-state index contributed by atoms with van der Waals surface area (Å²) in [5.41, 5.74) is 4.18.